The molecule has 0 aromatic heterocycles. The predicted molar refractivity (Wildman–Crippen MR) is 84.3 cm³/mol. The molecule has 0 radical (unpaired) electrons. The second-order valence-corrected chi connectivity index (χ2v) is 6.77. The lowest BCUT2D eigenvalue weighted by molar-refractivity contribution is -0.139. The first-order valence-corrected chi connectivity index (χ1v) is 8.52. The lowest BCUT2D eigenvalue weighted by atomic mass is 9.81. The largest absolute Gasteiger partial charge is 0.327 e. The molecule has 1 saturated carbocycles. The topological polar surface area (TPSA) is 57.7 Å². The van der Waals surface area contributed by atoms with Gasteiger partial charge in [-0.05, 0) is 32.6 Å². The number of hydrogen-bond donors (Lipinski definition) is 0. The Balaban J connectivity index is 2.26. The summed E-state index contributed by atoms with van der Waals surface area (Å²) in [6.45, 7) is 5.39. The van der Waals surface area contributed by atoms with Crippen LogP contribution in [0.3, 0.4) is 0 Å². The molecule has 0 N–H and O–H groups in total. The normalized spacial score (nSPS) is 28.1. The fraction of sp³-hybridized carbons (Fsp3) is 0.824. The van der Waals surface area contributed by atoms with Gasteiger partial charge in [0, 0.05) is 13.5 Å². The number of amides is 3. The van der Waals surface area contributed by atoms with E-state index in [4.69, 9.17) is 0 Å². The number of nitrogens with zero attached hydrogens (tertiary/aromatic N) is 2. The molecular formula is C17H28N2O3. The molecule has 0 bridgehead atoms. The summed E-state index contributed by atoms with van der Waals surface area (Å²) in [6.07, 6.45) is 6.02. The molecule has 0 unspecified atom stereocenters. The zero-order valence-corrected chi connectivity index (χ0v) is 14.2. The van der Waals surface area contributed by atoms with Crippen molar-refractivity contribution in [1.29, 1.82) is 0 Å². The minimum Gasteiger partial charge on any atom is -0.323 e. The molecule has 0 spiro atoms. The van der Waals surface area contributed by atoms with Crippen molar-refractivity contribution in [2.45, 2.75) is 71.4 Å². The fourth-order valence-electron chi connectivity index (χ4n) is 3.89. The summed E-state index contributed by atoms with van der Waals surface area (Å²) in [4.78, 5) is 40.2. The molecule has 2 rings (SSSR count). The summed E-state index contributed by atoms with van der Waals surface area (Å²) in [5.41, 5.74) is 0. The van der Waals surface area contributed by atoms with E-state index in [2.05, 4.69) is 0 Å². The van der Waals surface area contributed by atoms with Crippen molar-refractivity contribution in [2.75, 3.05) is 7.05 Å². The van der Waals surface area contributed by atoms with Crippen LogP contribution >= 0.6 is 0 Å². The van der Waals surface area contributed by atoms with E-state index in [1.54, 1.807) is 25.8 Å². The van der Waals surface area contributed by atoms with Gasteiger partial charge in [0.25, 0.3) is 0 Å². The van der Waals surface area contributed by atoms with E-state index in [0.717, 1.165) is 25.7 Å². The van der Waals surface area contributed by atoms with Crippen LogP contribution in [0.1, 0.15) is 59.3 Å². The molecule has 1 aliphatic carbocycles. The van der Waals surface area contributed by atoms with Crippen molar-refractivity contribution < 1.29 is 14.4 Å². The molecule has 1 aliphatic heterocycles. The van der Waals surface area contributed by atoms with Gasteiger partial charge in [0.05, 0.1) is 18.0 Å². The van der Waals surface area contributed by atoms with Gasteiger partial charge in [-0.15, -0.1) is 0 Å². The van der Waals surface area contributed by atoms with Crippen LogP contribution in [0.2, 0.25) is 0 Å². The van der Waals surface area contributed by atoms with E-state index in [0.29, 0.717) is 12.3 Å². The third kappa shape index (κ3) is 2.90. The smallest absolute Gasteiger partial charge is 0.323 e. The van der Waals surface area contributed by atoms with Gasteiger partial charge in [0.1, 0.15) is 5.78 Å². The molecule has 0 aromatic carbocycles. The maximum atomic E-state index is 12.8. The molecule has 2 aliphatic rings. The lowest BCUT2D eigenvalue weighted by Crippen LogP contribution is -2.48. The Labute approximate surface area is 133 Å². The predicted octanol–water partition coefficient (Wildman–Crippen LogP) is 2.83. The lowest BCUT2D eigenvalue weighted by Gasteiger charge is -2.34. The fourth-order valence-corrected chi connectivity index (χ4v) is 3.89. The molecule has 124 valence electrons. The zero-order chi connectivity index (χ0) is 16.4. The van der Waals surface area contributed by atoms with E-state index < -0.39 is 5.92 Å². The Morgan fingerprint density at radius 2 is 1.82 bits per heavy atom. The van der Waals surface area contributed by atoms with Crippen LogP contribution in [-0.2, 0) is 9.59 Å². The molecule has 1 heterocycles. The highest BCUT2D eigenvalue weighted by Gasteiger charge is 2.49. The van der Waals surface area contributed by atoms with Crippen LogP contribution < -0.4 is 0 Å². The van der Waals surface area contributed by atoms with Gasteiger partial charge in [-0.1, -0.05) is 26.2 Å². The van der Waals surface area contributed by atoms with Gasteiger partial charge in [-0.25, -0.2) is 4.79 Å². The van der Waals surface area contributed by atoms with Crippen molar-refractivity contribution in [3.05, 3.63) is 0 Å². The van der Waals surface area contributed by atoms with Crippen molar-refractivity contribution in [1.82, 2.24) is 9.80 Å². The molecule has 0 aromatic rings. The van der Waals surface area contributed by atoms with E-state index >= 15 is 0 Å². The minimum absolute atomic E-state index is 0.0171. The summed E-state index contributed by atoms with van der Waals surface area (Å²) in [6, 6.07) is -0.315. The number of carbonyl (C=O) groups excluding carboxylic acids is 3. The maximum Gasteiger partial charge on any atom is 0.327 e. The number of likely N-dealkylation sites (N-methyl/N-ethyl adjacent to an activating group) is 1. The van der Waals surface area contributed by atoms with E-state index in [1.165, 1.54) is 11.3 Å². The Bertz CT molecular complexity index is 457. The number of urea groups is 1. The zero-order valence-electron chi connectivity index (χ0n) is 14.2. The third-order valence-corrected chi connectivity index (χ3v) is 5.48. The summed E-state index contributed by atoms with van der Waals surface area (Å²) < 4.78 is 0. The first kappa shape index (κ1) is 17.0. The highest BCUT2D eigenvalue weighted by atomic mass is 16.2. The number of Topliss-reactive ketones (excluding diaryl/α,β-unsaturated/α-hetero) is 1. The monoisotopic (exact) mass is 308 g/mol. The van der Waals surface area contributed by atoms with Gasteiger partial charge < -0.3 is 4.90 Å². The molecule has 5 heteroatoms. The molecule has 1 saturated heterocycles. The summed E-state index contributed by atoms with van der Waals surface area (Å²) >= 11 is 0. The van der Waals surface area contributed by atoms with Gasteiger partial charge in [0.2, 0.25) is 5.91 Å². The third-order valence-electron chi connectivity index (χ3n) is 5.48. The number of hydrogen-bond acceptors (Lipinski definition) is 3. The summed E-state index contributed by atoms with van der Waals surface area (Å²) in [7, 11) is 1.75. The second-order valence-electron chi connectivity index (χ2n) is 6.77. The number of imide groups is 1. The quantitative estimate of drug-likeness (QED) is 0.750. The molecule has 2 fully saturated rings. The Hall–Kier alpha value is -1.39. The van der Waals surface area contributed by atoms with E-state index in [-0.39, 0.29) is 29.8 Å². The van der Waals surface area contributed by atoms with Gasteiger partial charge in [-0.2, -0.15) is 0 Å². The SMILES string of the molecule is CCC(=O)[C@H](C)C(=O)N1C(=O)N(C)[C@@H](C)[C@H]1C1CCCCC1. The molecule has 5 nitrogen and oxygen atoms in total. The van der Waals surface area contributed by atoms with Crippen LogP contribution in [0.25, 0.3) is 0 Å². The number of ketones is 1. The van der Waals surface area contributed by atoms with Crippen LogP contribution in [0.4, 0.5) is 4.79 Å². The van der Waals surface area contributed by atoms with Gasteiger partial charge in [0.15, 0.2) is 0 Å². The minimum atomic E-state index is -0.723. The Morgan fingerprint density at radius 3 is 2.36 bits per heavy atom. The molecular weight excluding hydrogens is 280 g/mol. The average molecular weight is 308 g/mol. The van der Waals surface area contributed by atoms with Crippen molar-refractivity contribution in [3.63, 3.8) is 0 Å². The van der Waals surface area contributed by atoms with Crippen molar-refractivity contribution in [3.8, 4) is 0 Å². The van der Waals surface area contributed by atoms with Crippen LogP contribution in [-0.4, -0.2) is 46.7 Å². The maximum absolute atomic E-state index is 12.8. The van der Waals surface area contributed by atoms with Gasteiger partial charge >= 0.3 is 6.03 Å². The molecule has 3 atom stereocenters. The van der Waals surface area contributed by atoms with Crippen LogP contribution in [0, 0.1) is 11.8 Å². The first-order valence-electron chi connectivity index (χ1n) is 8.52. The Kier molecular flexibility index (Phi) is 5.24. The standard InChI is InChI=1S/C17H28N2O3/c1-5-14(20)11(2)16(21)19-15(12(3)18(4)17(19)22)13-9-7-6-8-10-13/h11-13,15H,5-10H2,1-4H3/t11-,12-,15-/m0/s1. The van der Waals surface area contributed by atoms with E-state index in [9.17, 15) is 14.4 Å². The highest BCUT2D eigenvalue weighted by Crippen LogP contribution is 2.36. The first-order chi connectivity index (χ1) is 10.4. The highest BCUT2D eigenvalue weighted by molar-refractivity contribution is 6.07. The number of carbonyl (C=O) groups is 3. The summed E-state index contributed by atoms with van der Waals surface area (Å²) in [5.74, 6) is -0.768. The molecule has 22 heavy (non-hydrogen) atoms. The van der Waals surface area contributed by atoms with Crippen LogP contribution in [0.15, 0.2) is 0 Å². The van der Waals surface area contributed by atoms with Gasteiger partial charge in [-0.3, -0.25) is 14.5 Å². The molecule has 3 amide bonds. The average Bonchev–Trinajstić information content (AvgIpc) is 2.77. The van der Waals surface area contributed by atoms with Crippen molar-refractivity contribution >= 4 is 17.7 Å². The van der Waals surface area contributed by atoms with Crippen LogP contribution in [0.5, 0.6) is 0 Å². The van der Waals surface area contributed by atoms with Crippen molar-refractivity contribution in [2.24, 2.45) is 11.8 Å². The number of rotatable bonds is 4. The Morgan fingerprint density at radius 1 is 1.23 bits per heavy atom. The second kappa shape index (κ2) is 6.80. The van der Waals surface area contributed by atoms with E-state index in [1.807, 2.05) is 6.92 Å². The summed E-state index contributed by atoms with van der Waals surface area (Å²) in [5, 5.41) is 0.